The van der Waals surface area contributed by atoms with Gasteiger partial charge in [0.25, 0.3) is 0 Å². The molecule has 1 atom stereocenters. The van der Waals surface area contributed by atoms with E-state index >= 15 is 0 Å². The summed E-state index contributed by atoms with van der Waals surface area (Å²) in [6.45, 7) is 0. The molecule has 0 radical (unpaired) electrons. The monoisotopic (exact) mass is 554 g/mol. The number of benzene rings is 3. The van der Waals surface area contributed by atoms with Gasteiger partial charge in [-0.3, -0.25) is 0 Å². The van der Waals surface area contributed by atoms with Gasteiger partial charge in [0, 0.05) is 29.2 Å². The van der Waals surface area contributed by atoms with Crippen molar-refractivity contribution < 1.29 is 36.4 Å². The van der Waals surface area contributed by atoms with Gasteiger partial charge in [0.2, 0.25) is 15.6 Å². The van der Waals surface area contributed by atoms with Gasteiger partial charge in [0.1, 0.15) is 35.6 Å². The number of nitrogens with one attached hydrogen (secondary N) is 2. The molecule has 0 aliphatic carbocycles. The van der Waals surface area contributed by atoms with Crippen LogP contribution in [0.3, 0.4) is 0 Å². The molecule has 9 nitrogen and oxygen atoms in total. The number of carbonyl (C=O) groups is 1. The summed E-state index contributed by atoms with van der Waals surface area (Å²) in [6.07, 6.45) is 1.21. The normalized spacial score (nSPS) is 12.3. The molecular weight excluding hydrogens is 538 g/mol. The molecule has 0 aliphatic rings. The van der Waals surface area contributed by atoms with Crippen LogP contribution in [-0.4, -0.2) is 35.6 Å². The van der Waals surface area contributed by atoms with Gasteiger partial charge in [-0.2, -0.15) is 0 Å². The van der Waals surface area contributed by atoms with Gasteiger partial charge in [-0.25, -0.2) is 17.6 Å². The Hall–Kier alpha value is -3.67. The van der Waals surface area contributed by atoms with Crippen LogP contribution in [0.4, 0.5) is 10.1 Å². The number of halogens is 3. The summed E-state index contributed by atoms with van der Waals surface area (Å²) in [5, 5.41) is 22.9. The quantitative estimate of drug-likeness (QED) is 0.211. The van der Waals surface area contributed by atoms with E-state index in [1.807, 2.05) is 0 Å². The SMILES string of the molecule is O=C(O)[C@@H](Cc1cc(OCl)c(O)c(OCl)c1)Nc1ccc2[nH]cc(S(=O)(=O)c3ccc(F)cc3)c2c1. The lowest BCUT2D eigenvalue weighted by Gasteiger charge is -2.17. The lowest BCUT2D eigenvalue weighted by Crippen LogP contribution is -2.31. The zero-order valence-corrected chi connectivity index (χ0v) is 20.4. The Morgan fingerprint density at radius 2 is 1.69 bits per heavy atom. The first-order valence-electron chi connectivity index (χ1n) is 10.2. The summed E-state index contributed by atoms with van der Waals surface area (Å²) in [6, 6.07) is 10.6. The van der Waals surface area contributed by atoms with Gasteiger partial charge < -0.3 is 29.1 Å². The van der Waals surface area contributed by atoms with Crippen molar-refractivity contribution in [1.29, 1.82) is 0 Å². The molecule has 0 saturated carbocycles. The van der Waals surface area contributed by atoms with Crippen LogP contribution in [0.2, 0.25) is 0 Å². The fourth-order valence-corrected chi connectivity index (χ4v) is 5.31. The maximum atomic E-state index is 13.3. The van der Waals surface area contributed by atoms with E-state index in [9.17, 15) is 27.8 Å². The van der Waals surface area contributed by atoms with E-state index in [2.05, 4.69) is 18.9 Å². The first kappa shape index (κ1) is 25.4. The first-order valence-corrected chi connectivity index (χ1v) is 12.3. The number of aromatic hydroxyl groups is 1. The molecule has 0 amide bonds. The maximum absolute atomic E-state index is 13.3. The minimum absolute atomic E-state index is 0.0500. The third-order valence-electron chi connectivity index (χ3n) is 5.40. The molecule has 0 aliphatic heterocycles. The molecule has 0 saturated heterocycles. The molecule has 4 rings (SSSR count). The number of phenolic OH excluding ortho intramolecular Hbond substituents is 1. The molecule has 4 N–H and O–H groups in total. The van der Waals surface area contributed by atoms with Crippen molar-refractivity contribution in [2.24, 2.45) is 0 Å². The Morgan fingerprint density at radius 1 is 1.06 bits per heavy atom. The average Bonchev–Trinajstić information content (AvgIpc) is 3.29. The predicted octanol–water partition coefficient (Wildman–Crippen LogP) is 5.02. The summed E-state index contributed by atoms with van der Waals surface area (Å²) in [5.74, 6) is -2.60. The number of aromatic nitrogens is 1. The summed E-state index contributed by atoms with van der Waals surface area (Å²) in [4.78, 5) is 14.7. The van der Waals surface area contributed by atoms with Crippen LogP contribution in [0.5, 0.6) is 17.2 Å². The van der Waals surface area contributed by atoms with Crippen molar-refractivity contribution in [3.05, 3.63) is 72.2 Å². The van der Waals surface area contributed by atoms with Gasteiger partial charge in [-0.1, -0.05) is 0 Å². The summed E-state index contributed by atoms with van der Waals surface area (Å²) in [7, 11) is -3.99. The van der Waals surface area contributed by atoms with Gasteiger partial charge in [-0.05, 0) is 60.2 Å². The van der Waals surface area contributed by atoms with E-state index in [1.54, 1.807) is 12.1 Å². The van der Waals surface area contributed by atoms with Gasteiger partial charge in [0.05, 0.1) is 9.79 Å². The molecule has 0 spiro atoms. The second kappa shape index (κ2) is 10.1. The number of phenols is 1. The zero-order chi connectivity index (χ0) is 26.0. The number of carboxylic acid groups (broad SMARTS) is 1. The third kappa shape index (κ3) is 4.99. The molecule has 3 aromatic carbocycles. The van der Waals surface area contributed by atoms with E-state index in [4.69, 9.17) is 23.7 Å². The summed E-state index contributed by atoms with van der Waals surface area (Å²) >= 11 is 10.7. The Morgan fingerprint density at radius 3 is 2.28 bits per heavy atom. The summed E-state index contributed by atoms with van der Waals surface area (Å²) < 4.78 is 48.6. The number of hydrogen-bond donors (Lipinski definition) is 4. The standard InChI is InChI=1S/C23H17Cl2FN2O7S/c24-34-19-8-12(9-20(35-25)22(19)29)7-18(23(30)31)28-14-3-6-17-16(10-14)21(11-27-17)36(32,33)15-4-1-13(26)2-5-15/h1-6,8-11,18,27-29H,7H2,(H,30,31)/t18-/m1/s1. The van der Waals surface area contributed by atoms with Crippen LogP contribution in [0.25, 0.3) is 10.9 Å². The number of hydrogen-bond acceptors (Lipinski definition) is 7. The minimum Gasteiger partial charge on any atom is -0.502 e. The summed E-state index contributed by atoms with van der Waals surface area (Å²) in [5.41, 5.74) is 1.19. The van der Waals surface area contributed by atoms with Crippen LogP contribution in [-0.2, 0) is 21.1 Å². The molecule has 0 unspecified atom stereocenters. The van der Waals surface area contributed by atoms with Crippen LogP contribution < -0.4 is 13.9 Å². The number of carboxylic acids is 1. The molecule has 36 heavy (non-hydrogen) atoms. The van der Waals surface area contributed by atoms with Gasteiger partial charge in [-0.15, -0.1) is 0 Å². The lowest BCUT2D eigenvalue weighted by atomic mass is 10.0. The van der Waals surface area contributed by atoms with E-state index in [-0.39, 0.29) is 27.7 Å². The second-order valence-corrected chi connectivity index (χ2v) is 9.93. The number of H-pyrrole nitrogens is 1. The zero-order valence-electron chi connectivity index (χ0n) is 18.0. The molecule has 1 heterocycles. The van der Waals surface area contributed by atoms with Crippen molar-refractivity contribution in [1.82, 2.24) is 4.98 Å². The highest BCUT2D eigenvalue weighted by Crippen LogP contribution is 2.39. The molecule has 13 heteroatoms. The van der Waals surface area contributed by atoms with Crippen LogP contribution >= 0.6 is 23.7 Å². The number of sulfone groups is 1. The van der Waals surface area contributed by atoms with Crippen molar-refractivity contribution in [2.45, 2.75) is 22.3 Å². The van der Waals surface area contributed by atoms with Gasteiger partial charge >= 0.3 is 5.97 Å². The topological polar surface area (TPSA) is 138 Å². The highest BCUT2D eigenvalue weighted by atomic mass is 35.5. The number of anilines is 1. The Bertz CT molecular complexity index is 1520. The lowest BCUT2D eigenvalue weighted by molar-refractivity contribution is -0.137. The highest BCUT2D eigenvalue weighted by Gasteiger charge is 2.24. The Labute approximate surface area is 214 Å². The fourth-order valence-electron chi connectivity index (χ4n) is 3.66. The van der Waals surface area contributed by atoms with Crippen LogP contribution in [0.1, 0.15) is 5.56 Å². The van der Waals surface area contributed by atoms with Crippen LogP contribution in [0, 0.1) is 5.82 Å². The van der Waals surface area contributed by atoms with E-state index < -0.39 is 33.4 Å². The molecule has 4 aromatic rings. The van der Waals surface area contributed by atoms with Crippen molar-refractivity contribution in [2.75, 3.05) is 5.32 Å². The highest BCUT2D eigenvalue weighted by molar-refractivity contribution is 7.91. The van der Waals surface area contributed by atoms with Crippen molar-refractivity contribution in [3.63, 3.8) is 0 Å². The second-order valence-electron chi connectivity index (χ2n) is 7.70. The number of aliphatic carboxylic acids is 1. The third-order valence-corrected chi connectivity index (χ3v) is 7.54. The molecule has 1 aromatic heterocycles. The Balaban J connectivity index is 1.66. The fraction of sp³-hybridized carbons (Fsp3) is 0.0870. The first-order chi connectivity index (χ1) is 17.1. The number of aromatic amines is 1. The predicted molar refractivity (Wildman–Crippen MR) is 130 cm³/mol. The Kier molecular flexibility index (Phi) is 7.16. The van der Waals surface area contributed by atoms with Gasteiger partial charge in [0.15, 0.2) is 11.5 Å². The number of rotatable bonds is 9. The van der Waals surface area contributed by atoms with Crippen molar-refractivity contribution >= 4 is 56.1 Å². The smallest absolute Gasteiger partial charge is 0.326 e. The molecule has 0 fully saturated rings. The van der Waals surface area contributed by atoms with Crippen LogP contribution in [0.15, 0.2) is 70.6 Å². The molecule has 188 valence electrons. The van der Waals surface area contributed by atoms with E-state index in [0.29, 0.717) is 22.2 Å². The minimum atomic E-state index is -3.99. The van der Waals surface area contributed by atoms with E-state index in [0.717, 1.165) is 12.1 Å². The maximum Gasteiger partial charge on any atom is 0.326 e. The molecular formula is C23H17Cl2FN2O7S. The number of fused-ring (bicyclic) bond motifs is 1. The molecule has 0 bridgehead atoms. The average molecular weight is 555 g/mol. The van der Waals surface area contributed by atoms with E-state index in [1.165, 1.54) is 36.5 Å². The largest absolute Gasteiger partial charge is 0.502 e. The van der Waals surface area contributed by atoms with Crippen molar-refractivity contribution in [3.8, 4) is 17.2 Å².